The molecule has 1 amide bonds. The van der Waals surface area contributed by atoms with E-state index >= 15 is 0 Å². The topological polar surface area (TPSA) is 69.7 Å². The maximum Gasteiger partial charge on any atom is 0.278 e. The van der Waals surface area contributed by atoms with Crippen molar-refractivity contribution in [3.05, 3.63) is 29.3 Å². The second-order valence-corrected chi connectivity index (χ2v) is 8.92. The summed E-state index contributed by atoms with van der Waals surface area (Å²) in [6, 6.07) is 6.08. The molecule has 0 radical (unpaired) electrons. The fourth-order valence-corrected chi connectivity index (χ4v) is 3.27. The minimum atomic E-state index is -3.51. The number of nitrogens with zero attached hydrogens (tertiary/aromatic N) is 2. The van der Waals surface area contributed by atoms with Crippen LogP contribution in [0.5, 0.6) is 0 Å². The number of hydrogen-bond acceptors (Lipinski definition) is 3. The van der Waals surface area contributed by atoms with Crippen LogP contribution in [-0.2, 0) is 15.0 Å². The summed E-state index contributed by atoms with van der Waals surface area (Å²) in [4.78, 5) is 14.0. The Balaban J connectivity index is 3.21. The maximum absolute atomic E-state index is 12.3. The van der Waals surface area contributed by atoms with Gasteiger partial charge in [-0.3, -0.25) is 4.79 Å². The first-order chi connectivity index (χ1) is 11.5. The third kappa shape index (κ3) is 5.52. The van der Waals surface area contributed by atoms with E-state index in [1.165, 1.54) is 21.0 Å². The molecule has 0 aliphatic heterocycles. The highest BCUT2D eigenvalue weighted by atomic mass is 32.2. The van der Waals surface area contributed by atoms with Crippen molar-refractivity contribution < 1.29 is 13.2 Å². The average Bonchev–Trinajstić information content (AvgIpc) is 2.50. The number of amides is 1. The van der Waals surface area contributed by atoms with Crippen LogP contribution in [0.2, 0.25) is 0 Å². The number of carbonyl (C=O) groups excluding carboxylic acids is 1. The average molecular weight is 370 g/mol. The molecule has 0 unspecified atom stereocenters. The third-order valence-electron chi connectivity index (χ3n) is 4.09. The lowest BCUT2D eigenvalue weighted by Gasteiger charge is -2.29. The maximum atomic E-state index is 12.3. The zero-order valence-electron chi connectivity index (χ0n) is 16.3. The molecule has 1 rings (SSSR count). The second-order valence-electron chi connectivity index (χ2n) is 6.95. The van der Waals surface area contributed by atoms with Gasteiger partial charge in [0.15, 0.2) is 0 Å². The SMILES string of the molecule is CC(=O)N(CCNS(=O)(=O)N(C)C)c1c(C(C)C)cccc1C(C)C. The summed E-state index contributed by atoms with van der Waals surface area (Å²) in [5, 5.41) is 0. The highest BCUT2D eigenvalue weighted by molar-refractivity contribution is 7.87. The molecule has 0 atom stereocenters. The number of benzene rings is 1. The van der Waals surface area contributed by atoms with E-state index in [9.17, 15) is 13.2 Å². The smallest absolute Gasteiger partial charge is 0.278 e. The van der Waals surface area contributed by atoms with Crippen LogP contribution in [0.25, 0.3) is 0 Å². The fourth-order valence-electron chi connectivity index (χ4n) is 2.67. The largest absolute Gasteiger partial charge is 0.311 e. The number of rotatable bonds is 8. The molecule has 7 heteroatoms. The summed E-state index contributed by atoms with van der Waals surface area (Å²) in [6.07, 6.45) is 0. The first-order valence-electron chi connectivity index (χ1n) is 8.57. The lowest BCUT2D eigenvalue weighted by Crippen LogP contribution is -2.42. The Bertz CT molecular complexity index is 671. The highest BCUT2D eigenvalue weighted by Gasteiger charge is 2.22. The third-order valence-corrected chi connectivity index (χ3v) is 5.62. The van der Waals surface area contributed by atoms with Crippen LogP contribution in [0.4, 0.5) is 5.69 Å². The van der Waals surface area contributed by atoms with Gasteiger partial charge in [0.25, 0.3) is 10.2 Å². The minimum Gasteiger partial charge on any atom is -0.311 e. The quantitative estimate of drug-likeness (QED) is 0.766. The standard InChI is InChI=1S/C18H31N3O3S/c1-13(2)16-9-8-10-17(14(3)4)18(16)21(15(5)22)12-11-19-25(23,24)20(6)7/h8-10,13-14,19H,11-12H2,1-7H3. The van der Waals surface area contributed by atoms with Gasteiger partial charge in [0, 0.05) is 34.1 Å². The molecule has 0 saturated heterocycles. The second kappa shape index (κ2) is 8.78. The van der Waals surface area contributed by atoms with Crippen molar-refractivity contribution in [2.75, 3.05) is 32.1 Å². The molecule has 0 fully saturated rings. The van der Waals surface area contributed by atoms with Crippen molar-refractivity contribution in [2.24, 2.45) is 0 Å². The van der Waals surface area contributed by atoms with Gasteiger partial charge in [-0.25, -0.2) is 4.72 Å². The van der Waals surface area contributed by atoms with Crippen LogP contribution < -0.4 is 9.62 Å². The molecule has 0 saturated carbocycles. The zero-order chi connectivity index (χ0) is 19.4. The van der Waals surface area contributed by atoms with E-state index < -0.39 is 10.2 Å². The van der Waals surface area contributed by atoms with Crippen molar-refractivity contribution in [3.8, 4) is 0 Å². The van der Waals surface area contributed by atoms with Crippen molar-refractivity contribution in [3.63, 3.8) is 0 Å². The molecule has 1 aromatic rings. The van der Waals surface area contributed by atoms with Gasteiger partial charge in [0.1, 0.15) is 0 Å². The van der Waals surface area contributed by atoms with E-state index in [1.807, 2.05) is 18.2 Å². The lowest BCUT2D eigenvalue weighted by atomic mass is 9.92. The monoisotopic (exact) mass is 369 g/mol. The van der Waals surface area contributed by atoms with Gasteiger partial charge in [-0.1, -0.05) is 45.9 Å². The highest BCUT2D eigenvalue weighted by Crippen LogP contribution is 2.35. The summed E-state index contributed by atoms with van der Waals surface area (Å²) in [7, 11) is -0.573. The zero-order valence-corrected chi connectivity index (χ0v) is 17.1. The number of anilines is 1. The Morgan fingerprint density at radius 1 is 1.08 bits per heavy atom. The number of carbonyl (C=O) groups is 1. The molecule has 0 bridgehead atoms. The minimum absolute atomic E-state index is 0.0981. The van der Waals surface area contributed by atoms with Crippen LogP contribution >= 0.6 is 0 Å². The molecular weight excluding hydrogens is 338 g/mol. The van der Waals surface area contributed by atoms with Gasteiger partial charge in [-0.05, 0) is 23.0 Å². The van der Waals surface area contributed by atoms with Crippen LogP contribution in [0.1, 0.15) is 57.6 Å². The summed E-state index contributed by atoms with van der Waals surface area (Å²) < 4.78 is 27.4. The predicted octanol–water partition coefficient (Wildman–Crippen LogP) is 2.68. The molecule has 0 aliphatic rings. The van der Waals surface area contributed by atoms with Crippen LogP contribution in [0, 0.1) is 0 Å². The Kier molecular flexibility index (Phi) is 7.59. The summed E-state index contributed by atoms with van der Waals surface area (Å²) in [5.74, 6) is 0.419. The summed E-state index contributed by atoms with van der Waals surface area (Å²) in [5.41, 5.74) is 3.10. The lowest BCUT2D eigenvalue weighted by molar-refractivity contribution is -0.116. The van der Waals surface area contributed by atoms with Gasteiger partial charge < -0.3 is 4.90 Å². The van der Waals surface area contributed by atoms with Gasteiger partial charge in [0.2, 0.25) is 5.91 Å². The van der Waals surface area contributed by atoms with E-state index in [1.54, 1.807) is 4.90 Å². The van der Waals surface area contributed by atoms with Crippen molar-refractivity contribution in [1.82, 2.24) is 9.03 Å². The number of hydrogen-bond donors (Lipinski definition) is 1. The Morgan fingerprint density at radius 3 is 1.92 bits per heavy atom. The number of nitrogens with one attached hydrogen (secondary N) is 1. The Hall–Kier alpha value is -1.44. The van der Waals surface area contributed by atoms with Gasteiger partial charge in [0.05, 0.1) is 5.69 Å². The predicted molar refractivity (Wildman–Crippen MR) is 103 cm³/mol. The van der Waals surface area contributed by atoms with Crippen LogP contribution in [0.15, 0.2) is 18.2 Å². The Morgan fingerprint density at radius 2 is 1.56 bits per heavy atom. The van der Waals surface area contributed by atoms with E-state index in [0.29, 0.717) is 0 Å². The molecule has 1 N–H and O–H groups in total. The molecule has 6 nitrogen and oxygen atoms in total. The summed E-state index contributed by atoms with van der Waals surface area (Å²) in [6.45, 7) is 10.3. The van der Waals surface area contributed by atoms with Gasteiger partial charge in [-0.15, -0.1) is 0 Å². The number of para-hydroxylation sites is 1. The molecular formula is C18H31N3O3S. The van der Waals surface area contributed by atoms with Crippen LogP contribution in [-0.4, -0.2) is 45.8 Å². The van der Waals surface area contributed by atoms with Crippen LogP contribution in [0.3, 0.4) is 0 Å². The van der Waals surface area contributed by atoms with E-state index in [0.717, 1.165) is 21.1 Å². The molecule has 142 valence electrons. The van der Waals surface area contributed by atoms with E-state index in [-0.39, 0.29) is 30.8 Å². The normalized spacial score (nSPS) is 12.2. The molecule has 0 aromatic heterocycles. The molecule has 1 aromatic carbocycles. The molecule has 25 heavy (non-hydrogen) atoms. The summed E-state index contributed by atoms with van der Waals surface area (Å²) >= 11 is 0. The molecule has 0 aliphatic carbocycles. The van der Waals surface area contributed by atoms with Crippen molar-refractivity contribution >= 4 is 21.8 Å². The molecule has 0 heterocycles. The fraction of sp³-hybridized carbons (Fsp3) is 0.611. The van der Waals surface area contributed by atoms with Gasteiger partial charge >= 0.3 is 0 Å². The Labute approximate surface area is 152 Å². The first kappa shape index (κ1) is 21.6. The van der Waals surface area contributed by atoms with E-state index in [4.69, 9.17) is 0 Å². The van der Waals surface area contributed by atoms with Crippen molar-refractivity contribution in [2.45, 2.75) is 46.5 Å². The van der Waals surface area contributed by atoms with E-state index in [2.05, 4.69) is 32.4 Å². The van der Waals surface area contributed by atoms with Crippen molar-refractivity contribution in [1.29, 1.82) is 0 Å². The molecule has 0 spiro atoms. The first-order valence-corrected chi connectivity index (χ1v) is 10.0. The van der Waals surface area contributed by atoms with Gasteiger partial charge in [-0.2, -0.15) is 12.7 Å².